The molecule has 0 spiro atoms. The van der Waals surface area contributed by atoms with E-state index in [4.69, 9.17) is 5.73 Å². The van der Waals surface area contributed by atoms with Gasteiger partial charge in [0.25, 0.3) is 0 Å². The predicted octanol–water partition coefficient (Wildman–Crippen LogP) is 2.08. The Morgan fingerprint density at radius 1 is 1.57 bits per heavy atom. The minimum Gasteiger partial charge on any atom is -0.330 e. The van der Waals surface area contributed by atoms with Crippen LogP contribution in [0.3, 0.4) is 0 Å². The number of rotatable bonds is 4. The summed E-state index contributed by atoms with van der Waals surface area (Å²) in [6.45, 7) is 0.296. The second-order valence-corrected chi connectivity index (χ2v) is 3.66. The average Bonchev–Trinajstić information content (AvgIpc) is 2.18. The molecule has 2 N–H and O–H groups in total. The highest BCUT2D eigenvalue weighted by Crippen LogP contribution is 2.20. The predicted molar refractivity (Wildman–Crippen MR) is 56.2 cm³/mol. The normalized spacial score (nSPS) is 10.2. The maximum Gasteiger partial charge on any atom is 0.164 e. The lowest BCUT2D eigenvalue weighted by molar-refractivity contribution is 0.0985. The number of hydrogen-bond donors (Lipinski definition) is 1. The molecule has 0 aliphatic carbocycles. The molecule has 0 unspecified atom stereocenters. The SMILES string of the molecule is CSc1ccc(C(=O)CCN)cc1F. The second-order valence-electron chi connectivity index (χ2n) is 2.81. The first-order valence-corrected chi connectivity index (χ1v) is 5.48. The van der Waals surface area contributed by atoms with Crippen LogP contribution in [0.2, 0.25) is 0 Å². The van der Waals surface area contributed by atoms with E-state index in [0.29, 0.717) is 17.0 Å². The lowest BCUT2D eigenvalue weighted by Gasteiger charge is -2.02. The first-order valence-electron chi connectivity index (χ1n) is 4.26. The molecular weight excluding hydrogens is 201 g/mol. The van der Waals surface area contributed by atoms with Crippen molar-refractivity contribution >= 4 is 17.5 Å². The number of benzene rings is 1. The van der Waals surface area contributed by atoms with Crippen LogP contribution in [0.1, 0.15) is 16.8 Å². The fraction of sp³-hybridized carbons (Fsp3) is 0.300. The van der Waals surface area contributed by atoms with Crippen LogP contribution in [0, 0.1) is 5.82 Å². The number of hydrogen-bond acceptors (Lipinski definition) is 3. The Labute approximate surface area is 86.7 Å². The van der Waals surface area contributed by atoms with E-state index in [1.807, 2.05) is 0 Å². The van der Waals surface area contributed by atoms with Crippen LogP contribution >= 0.6 is 11.8 Å². The van der Waals surface area contributed by atoms with Gasteiger partial charge in [-0.15, -0.1) is 11.8 Å². The summed E-state index contributed by atoms with van der Waals surface area (Å²) >= 11 is 1.32. The van der Waals surface area contributed by atoms with Crippen LogP contribution in [0.25, 0.3) is 0 Å². The Bertz CT molecular complexity index is 341. The zero-order valence-electron chi connectivity index (χ0n) is 7.92. The number of halogens is 1. The third kappa shape index (κ3) is 2.56. The topological polar surface area (TPSA) is 43.1 Å². The molecule has 0 heterocycles. The van der Waals surface area contributed by atoms with Crippen molar-refractivity contribution in [3.05, 3.63) is 29.6 Å². The van der Waals surface area contributed by atoms with Gasteiger partial charge in [-0.3, -0.25) is 4.79 Å². The summed E-state index contributed by atoms with van der Waals surface area (Å²) < 4.78 is 13.2. The van der Waals surface area contributed by atoms with Gasteiger partial charge in [-0.2, -0.15) is 0 Å². The van der Waals surface area contributed by atoms with Crippen LogP contribution in [0.4, 0.5) is 4.39 Å². The highest BCUT2D eigenvalue weighted by molar-refractivity contribution is 7.98. The van der Waals surface area contributed by atoms with Gasteiger partial charge >= 0.3 is 0 Å². The molecule has 0 aliphatic heterocycles. The first-order chi connectivity index (χ1) is 6.69. The van der Waals surface area contributed by atoms with E-state index in [9.17, 15) is 9.18 Å². The van der Waals surface area contributed by atoms with Crippen LogP contribution in [0.15, 0.2) is 23.1 Å². The third-order valence-corrected chi connectivity index (χ3v) is 2.62. The van der Waals surface area contributed by atoms with E-state index in [-0.39, 0.29) is 18.0 Å². The average molecular weight is 213 g/mol. The second kappa shape index (κ2) is 5.12. The fourth-order valence-electron chi connectivity index (χ4n) is 1.12. The van der Waals surface area contributed by atoms with E-state index in [1.54, 1.807) is 18.4 Å². The molecule has 0 bridgehead atoms. The number of carbonyl (C=O) groups is 1. The van der Waals surface area contributed by atoms with Gasteiger partial charge < -0.3 is 5.73 Å². The van der Waals surface area contributed by atoms with Crippen LogP contribution in [-0.4, -0.2) is 18.6 Å². The lowest BCUT2D eigenvalue weighted by atomic mass is 10.1. The summed E-state index contributed by atoms with van der Waals surface area (Å²) in [6, 6.07) is 4.51. The summed E-state index contributed by atoms with van der Waals surface area (Å²) in [7, 11) is 0. The molecule has 0 aliphatic rings. The summed E-state index contributed by atoms with van der Waals surface area (Å²) in [5.41, 5.74) is 5.64. The van der Waals surface area contributed by atoms with Crippen molar-refractivity contribution in [3.63, 3.8) is 0 Å². The van der Waals surface area contributed by atoms with Crippen molar-refractivity contribution in [1.82, 2.24) is 0 Å². The van der Waals surface area contributed by atoms with Crippen molar-refractivity contribution in [2.75, 3.05) is 12.8 Å². The van der Waals surface area contributed by atoms with Crippen molar-refractivity contribution in [3.8, 4) is 0 Å². The van der Waals surface area contributed by atoms with Crippen LogP contribution in [-0.2, 0) is 0 Å². The van der Waals surface area contributed by atoms with E-state index in [0.717, 1.165) is 0 Å². The van der Waals surface area contributed by atoms with Gasteiger partial charge in [0.15, 0.2) is 5.78 Å². The van der Waals surface area contributed by atoms with Gasteiger partial charge in [-0.05, 0) is 24.9 Å². The third-order valence-electron chi connectivity index (χ3n) is 1.85. The van der Waals surface area contributed by atoms with E-state index in [1.165, 1.54) is 17.8 Å². The summed E-state index contributed by atoms with van der Waals surface area (Å²) in [5.74, 6) is -0.459. The standard InChI is InChI=1S/C10H12FNOS/c1-14-10-3-2-7(6-8(10)11)9(13)4-5-12/h2-3,6H,4-5,12H2,1H3. The van der Waals surface area contributed by atoms with Gasteiger partial charge in [0, 0.05) is 16.9 Å². The molecule has 0 saturated heterocycles. The Morgan fingerprint density at radius 2 is 2.29 bits per heavy atom. The van der Waals surface area contributed by atoms with Gasteiger partial charge in [0.05, 0.1) is 0 Å². The fourth-order valence-corrected chi connectivity index (χ4v) is 1.57. The quantitative estimate of drug-likeness (QED) is 0.615. The van der Waals surface area contributed by atoms with Crippen LogP contribution < -0.4 is 5.73 Å². The molecule has 1 aromatic rings. The number of thioether (sulfide) groups is 1. The zero-order chi connectivity index (χ0) is 10.6. The number of ketones is 1. The molecular formula is C10H12FNOS. The van der Waals surface area contributed by atoms with Gasteiger partial charge in [-0.25, -0.2) is 4.39 Å². The zero-order valence-corrected chi connectivity index (χ0v) is 8.73. The lowest BCUT2D eigenvalue weighted by Crippen LogP contribution is -2.08. The minimum absolute atomic E-state index is 0.112. The minimum atomic E-state index is -0.347. The van der Waals surface area contributed by atoms with Crippen molar-refractivity contribution in [1.29, 1.82) is 0 Å². The molecule has 0 aromatic heterocycles. The number of nitrogens with two attached hydrogens (primary N) is 1. The van der Waals surface area contributed by atoms with Crippen molar-refractivity contribution in [2.45, 2.75) is 11.3 Å². The highest BCUT2D eigenvalue weighted by Gasteiger charge is 2.08. The summed E-state index contributed by atoms with van der Waals surface area (Å²) in [4.78, 5) is 11.9. The molecule has 1 aromatic carbocycles. The Morgan fingerprint density at radius 3 is 2.79 bits per heavy atom. The molecule has 4 heteroatoms. The Hall–Kier alpha value is -0.870. The molecule has 0 atom stereocenters. The molecule has 14 heavy (non-hydrogen) atoms. The summed E-state index contributed by atoms with van der Waals surface area (Å²) in [6.07, 6.45) is 2.05. The Kier molecular flexibility index (Phi) is 4.10. The smallest absolute Gasteiger partial charge is 0.164 e. The van der Waals surface area contributed by atoms with Gasteiger partial charge in [0.2, 0.25) is 0 Å². The molecule has 0 saturated carbocycles. The largest absolute Gasteiger partial charge is 0.330 e. The van der Waals surface area contributed by atoms with Crippen molar-refractivity contribution in [2.24, 2.45) is 5.73 Å². The van der Waals surface area contributed by atoms with Crippen molar-refractivity contribution < 1.29 is 9.18 Å². The highest BCUT2D eigenvalue weighted by atomic mass is 32.2. The van der Waals surface area contributed by atoms with Gasteiger partial charge in [0.1, 0.15) is 5.82 Å². The number of Topliss-reactive ketones (excluding diaryl/α,β-unsaturated/α-hetero) is 1. The maximum atomic E-state index is 13.2. The Balaban J connectivity index is 2.91. The van der Waals surface area contributed by atoms with E-state index < -0.39 is 0 Å². The van der Waals surface area contributed by atoms with Crippen LogP contribution in [0.5, 0.6) is 0 Å². The molecule has 1 rings (SSSR count). The molecule has 2 nitrogen and oxygen atoms in total. The maximum absolute atomic E-state index is 13.2. The van der Waals surface area contributed by atoms with E-state index in [2.05, 4.69) is 0 Å². The van der Waals surface area contributed by atoms with Gasteiger partial charge in [-0.1, -0.05) is 6.07 Å². The first kappa shape index (κ1) is 11.2. The van der Waals surface area contributed by atoms with E-state index >= 15 is 0 Å². The molecule has 76 valence electrons. The monoisotopic (exact) mass is 213 g/mol. The molecule has 0 radical (unpaired) electrons. The number of carbonyl (C=O) groups excluding carboxylic acids is 1. The summed E-state index contributed by atoms with van der Waals surface area (Å²) in [5, 5.41) is 0. The molecule has 0 fully saturated rings. The molecule has 0 amide bonds.